The number of anilines is 2. The topological polar surface area (TPSA) is 58.3 Å². The van der Waals surface area contributed by atoms with Crippen LogP contribution >= 0.6 is 0 Å². The predicted octanol–water partition coefficient (Wildman–Crippen LogP) is 1.91. The maximum Gasteiger partial charge on any atom is 0.416 e. The fraction of sp³-hybridized carbons (Fsp3) is 0.400. The minimum absolute atomic E-state index is 0.459. The van der Waals surface area contributed by atoms with Crippen molar-refractivity contribution in [3.63, 3.8) is 0 Å². The first-order chi connectivity index (χ1) is 7.29. The average molecular weight is 234 g/mol. The normalized spacial score (nSPS) is 13.6. The Labute approximate surface area is 91.1 Å². The van der Waals surface area contributed by atoms with Gasteiger partial charge in [-0.05, 0) is 30.7 Å². The number of hydrogen-bond acceptors (Lipinski definition) is 3. The Morgan fingerprint density at radius 3 is 2.50 bits per heavy atom. The molecule has 16 heavy (non-hydrogen) atoms. The highest BCUT2D eigenvalue weighted by atomic mass is 19.4. The summed E-state index contributed by atoms with van der Waals surface area (Å²) in [7, 11) is 0. The van der Waals surface area contributed by atoms with Gasteiger partial charge in [-0.1, -0.05) is 0 Å². The summed E-state index contributed by atoms with van der Waals surface area (Å²) in [6.45, 7) is 1.19. The van der Waals surface area contributed by atoms with E-state index in [4.69, 9.17) is 10.8 Å². The van der Waals surface area contributed by atoms with Gasteiger partial charge >= 0.3 is 6.18 Å². The molecule has 0 saturated carbocycles. The third-order valence-electron chi connectivity index (χ3n) is 1.98. The van der Waals surface area contributed by atoms with Gasteiger partial charge in [-0.25, -0.2) is 0 Å². The molecule has 0 saturated heterocycles. The van der Waals surface area contributed by atoms with E-state index in [9.17, 15) is 13.2 Å². The molecule has 0 amide bonds. The van der Waals surface area contributed by atoms with Crippen LogP contribution in [0.4, 0.5) is 24.5 Å². The lowest BCUT2D eigenvalue weighted by Gasteiger charge is -2.16. The van der Waals surface area contributed by atoms with Crippen molar-refractivity contribution in [2.75, 3.05) is 17.6 Å². The number of halogens is 3. The number of nitrogens with two attached hydrogens (primary N) is 1. The van der Waals surface area contributed by atoms with Crippen LogP contribution in [0.2, 0.25) is 0 Å². The molecule has 90 valence electrons. The van der Waals surface area contributed by atoms with Crippen molar-refractivity contribution < 1.29 is 18.3 Å². The molecule has 1 aromatic carbocycles. The number of alkyl halides is 3. The molecule has 1 aromatic rings. The van der Waals surface area contributed by atoms with E-state index in [-0.39, 0.29) is 0 Å². The Balaban J connectivity index is 2.61. The van der Waals surface area contributed by atoms with Crippen LogP contribution in [0.3, 0.4) is 0 Å². The quantitative estimate of drug-likeness (QED) is 0.700. The molecule has 0 aromatic heterocycles. The molecule has 0 bridgehead atoms. The van der Waals surface area contributed by atoms with Crippen LogP contribution in [0.1, 0.15) is 5.56 Å². The number of rotatable bonds is 3. The van der Waals surface area contributed by atoms with Crippen molar-refractivity contribution in [2.24, 2.45) is 0 Å². The zero-order valence-corrected chi connectivity index (χ0v) is 8.67. The second-order valence-corrected chi connectivity index (χ2v) is 3.57. The largest absolute Gasteiger partial charge is 0.416 e. The van der Waals surface area contributed by atoms with Crippen LogP contribution in [-0.4, -0.2) is 23.9 Å². The van der Waals surface area contributed by atoms with Crippen molar-refractivity contribution in [3.8, 4) is 0 Å². The smallest absolute Gasteiger partial charge is 0.399 e. The van der Waals surface area contributed by atoms with Crippen LogP contribution in [-0.2, 0) is 0 Å². The van der Waals surface area contributed by atoms with Gasteiger partial charge < -0.3 is 16.2 Å². The molecule has 0 aliphatic carbocycles. The SMILES string of the molecule is Cc1cc(N)cc(NCC(O)C(F)(F)F)c1. The monoisotopic (exact) mass is 234 g/mol. The summed E-state index contributed by atoms with van der Waals surface area (Å²) in [6, 6.07) is 4.86. The van der Waals surface area contributed by atoms with Crippen LogP contribution in [0.5, 0.6) is 0 Å². The standard InChI is InChI=1S/C10H13F3N2O/c1-6-2-7(14)4-8(3-6)15-5-9(16)10(11,12)13/h2-4,9,15-16H,5,14H2,1H3. The van der Waals surface area contributed by atoms with E-state index < -0.39 is 18.8 Å². The molecule has 1 atom stereocenters. The van der Waals surface area contributed by atoms with Crippen LogP contribution in [0.15, 0.2) is 18.2 Å². The predicted molar refractivity (Wildman–Crippen MR) is 56.1 cm³/mol. The summed E-state index contributed by atoms with van der Waals surface area (Å²) >= 11 is 0. The highest BCUT2D eigenvalue weighted by molar-refractivity contribution is 5.56. The lowest BCUT2D eigenvalue weighted by Crippen LogP contribution is -2.35. The first-order valence-corrected chi connectivity index (χ1v) is 4.65. The molecule has 6 heteroatoms. The zero-order valence-electron chi connectivity index (χ0n) is 8.67. The highest BCUT2D eigenvalue weighted by Crippen LogP contribution is 2.21. The maximum absolute atomic E-state index is 12.0. The Hall–Kier alpha value is -1.43. The van der Waals surface area contributed by atoms with Crippen molar-refractivity contribution in [3.05, 3.63) is 23.8 Å². The van der Waals surface area contributed by atoms with Crippen LogP contribution in [0.25, 0.3) is 0 Å². The first-order valence-electron chi connectivity index (χ1n) is 4.65. The van der Waals surface area contributed by atoms with Crippen molar-refractivity contribution in [1.29, 1.82) is 0 Å². The molecule has 1 rings (SSSR count). The summed E-state index contributed by atoms with van der Waals surface area (Å²) < 4.78 is 36.0. The maximum atomic E-state index is 12.0. The average Bonchev–Trinajstić information content (AvgIpc) is 2.11. The van der Waals surface area contributed by atoms with E-state index in [1.807, 2.05) is 0 Å². The number of aliphatic hydroxyl groups is 1. The van der Waals surface area contributed by atoms with Gasteiger partial charge in [0.1, 0.15) is 0 Å². The highest BCUT2D eigenvalue weighted by Gasteiger charge is 2.37. The van der Waals surface area contributed by atoms with Gasteiger partial charge in [0, 0.05) is 17.9 Å². The molecule has 0 spiro atoms. The molecule has 4 N–H and O–H groups in total. The summed E-state index contributed by atoms with van der Waals surface area (Å²) in [4.78, 5) is 0. The van der Waals surface area contributed by atoms with Crippen LogP contribution < -0.4 is 11.1 Å². The number of hydrogen-bond donors (Lipinski definition) is 3. The summed E-state index contributed by atoms with van der Waals surface area (Å²) in [5.41, 5.74) is 7.29. The minimum Gasteiger partial charge on any atom is -0.399 e. The molecular formula is C10H13F3N2O. The Bertz CT molecular complexity index is 345. The number of nitrogens with one attached hydrogen (secondary N) is 1. The van der Waals surface area contributed by atoms with E-state index in [1.165, 1.54) is 6.07 Å². The third kappa shape index (κ3) is 3.62. The summed E-state index contributed by atoms with van der Waals surface area (Å²) in [5, 5.41) is 11.2. The molecule has 0 aliphatic rings. The van der Waals surface area contributed by atoms with Gasteiger partial charge in [-0.3, -0.25) is 0 Å². The molecule has 0 fully saturated rings. The second-order valence-electron chi connectivity index (χ2n) is 3.57. The van der Waals surface area contributed by atoms with Gasteiger partial charge in [-0.2, -0.15) is 13.2 Å². The minimum atomic E-state index is -4.61. The summed E-state index contributed by atoms with van der Waals surface area (Å²) in [6.07, 6.45) is -6.99. The van der Waals surface area contributed by atoms with E-state index >= 15 is 0 Å². The van der Waals surface area contributed by atoms with Gasteiger partial charge in [0.15, 0.2) is 6.10 Å². The van der Waals surface area contributed by atoms with Crippen LogP contribution in [0, 0.1) is 6.92 Å². The van der Waals surface area contributed by atoms with E-state index in [0.717, 1.165) is 5.56 Å². The molecule has 1 unspecified atom stereocenters. The van der Waals surface area contributed by atoms with Gasteiger partial charge in [0.05, 0.1) is 0 Å². The molecule has 0 heterocycles. The van der Waals surface area contributed by atoms with E-state index in [0.29, 0.717) is 11.4 Å². The first kappa shape index (κ1) is 12.6. The Kier molecular flexibility index (Phi) is 3.64. The summed E-state index contributed by atoms with van der Waals surface area (Å²) in [5.74, 6) is 0. The van der Waals surface area contributed by atoms with E-state index in [2.05, 4.69) is 5.32 Å². The fourth-order valence-corrected chi connectivity index (χ4v) is 1.25. The van der Waals surface area contributed by atoms with Crippen molar-refractivity contribution >= 4 is 11.4 Å². The zero-order chi connectivity index (χ0) is 12.3. The fourth-order valence-electron chi connectivity index (χ4n) is 1.25. The number of aliphatic hydroxyl groups excluding tert-OH is 1. The Morgan fingerprint density at radius 1 is 1.38 bits per heavy atom. The van der Waals surface area contributed by atoms with Crippen molar-refractivity contribution in [1.82, 2.24) is 0 Å². The van der Waals surface area contributed by atoms with Gasteiger partial charge in [-0.15, -0.1) is 0 Å². The molecule has 3 nitrogen and oxygen atoms in total. The van der Waals surface area contributed by atoms with Gasteiger partial charge in [0.25, 0.3) is 0 Å². The second kappa shape index (κ2) is 4.61. The number of benzene rings is 1. The van der Waals surface area contributed by atoms with E-state index in [1.54, 1.807) is 19.1 Å². The lowest BCUT2D eigenvalue weighted by molar-refractivity contribution is -0.198. The molecule has 0 aliphatic heterocycles. The number of aryl methyl sites for hydroxylation is 1. The molecular weight excluding hydrogens is 221 g/mol. The Morgan fingerprint density at radius 2 is 2.00 bits per heavy atom. The molecule has 0 radical (unpaired) electrons. The number of nitrogen functional groups attached to an aromatic ring is 1. The van der Waals surface area contributed by atoms with Crippen molar-refractivity contribution in [2.45, 2.75) is 19.2 Å². The third-order valence-corrected chi connectivity index (χ3v) is 1.98. The lowest BCUT2D eigenvalue weighted by atomic mass is 10.2. The van der Waals surface area contributed by atoms with Gasteiger partial charge in [0.2, 0.25) is 0 Å².